The zero-order chi connectivity index (χ0) is 18.8. The van der Waals surface area contributed by atoms with E-state index in [0.29, 0.717) is 13.1 Å². The summed E-state index contributed by atoms with van der Waals surface area (Å²) >= 11 is 0. The highest BCUT2D eigenvalue weighted by molar-refractivity contribution is 5.96. The van der Waals surface area contributed by atoms with Gasteiger partial charge in [-0.15, -0.1) is 0 Å². The van der Waals surface area contributed by atoms with Gasteiger partial charge in [0.25, 0.3) is 11.8 Å². The van der Waals surface area contributed by atoms with Crippen LogP contribution in [-0.2, 0) is 0 Å². The summed E-state index contributed by atoms with van der Waals surface area (Å²) in [5, 5.41) is 0. The van der Waals surface area contributed by atoms with E-state index < -0.39 is 11.6 Å². The third-order valence-corrected chi connectivity index (χ3v) is 4.65. The Morgan fingerprint density at radius 1 is 0.808 bits per heavy atom. The number of nitrogens with zero attached hydrogens (tertiary/aromatic N) is 2. The second-order valence-electron chi connectivity index (χ2n) is 6.63. The average molecular weight is 358 g/mol. The molecule has 0 saturated carbocycles. The minimum atomic E-state index is -0.462. The SMILES string of the molecule is CC1CN(C(=O)c2cccc(F)c2)C(C)CN1C(=O)c1cccc(F)c1. The maximum absolute atomic E-state index is 13.4. The molecule has 1 aliphatic heterocycles. The first-order chi connectivity index (χ1) is 12.4. The Balaban J connectivity index is 1.77. The summed E-state index contributed by atoms with van der Waals surface area (Å²) in [4.78, 5) is 28.7. The summed E-state index contributed by atoms with van der Waals surface area (Å²) in [7, 11) is 0. The van der Waals surface area contributed by atoms with Crippen LogP contribution in [0.2, 0.25) is 0 Å². The van der Waals surface area contributed by atoms with Gasteiger partial charge in [0.15, 0.2) is 0 Å². The highest BCUT2D eigenvalue weighted by atomic mass is 19.1. The predicted molar refractivity (Wildman–Crippen MR) is 93.8 cm³/mol. The average Bonchev–Trinajstić information content (AvgIpc) is 2.62. The van der Waals surface area contributed by atoms with E-state index in [1.54, 1.807) is 21.9 Å². The molecule has 4 nitrogen and oxygen atoms in total. The van der Waals surface area contributed by atoms with Crippen LogP contribution in [0, 0.1) is 11.6 Å². The second-order valence-corrected chi connectivity index (χ2v) is 6.63. The summed E-state index contributed by atoms with van der Waals surface area (Å²) in [6.45, 7) is 4.35. The van der Waals surface area contributed by atoms with Crippen molar-refractivity contribution in [2.24, 2.45) is 0 Å². The van der Waals surface area contributed by atoms with Crippen molar-refractivity contribution in [3.05, 3.63) is 71.3 Å². The molecular formula is C20H20F2N2O2. The second kappa shape index (κ2) is 7.23. The predicted octanol–water partition coefficient (Wildman–Crippen LogP) is 3.34. The van der Waals surface area contributed by atoms with Gasteiger partial charge in [-0.25, -0.2) is 8.78 Å². The molecule has 1 aliphatic rings. The van der Waals surface area contributed by atoms with Crippen LogP contribution < -0.4 is 0 Å². The lowest BCUT2D eigenvalue weighted by Crippen LogP contribution is -2.59. The number of benzene rings is 2. The summed E-state index contributed by atoms with van der Waals surface area (Å²) in [5.41, 5.74) is 0.572. The molecule has 2 amide bonds. The van der Waals surface area contributed by atoms with Crippen molar-refractivity contribution >= 4 is 11.8 Å². The van der Waals surface area contributed by atoms with Crippen molar-refractivity contribution in [1.29, 1.82) is 0 Å². The van der Waals surface area contributed by atoms with Gasteiger partial charge in [0.05, 0.1) is 0 Å². The molecule has 0 spiro atoms. The van der Waals surface area contributed by atoms with Crippen molar-refractivity contribution in [1.82, 2.24) is 9.80 Å². The molecule has 6 heteroatoms. The van der Waals surface area contributed by atoms with Crippen molar-refractivity contribution in [3.63, 3.8) is 0 Å². The van der Waals surface area contributed by atoms with Gasteiger partial charge in [0, 0.05) is 36.3 Å². The maximum atomic E-state index is 13.4. The van der Waals surface area contributed by atoms with Crippen LogP contribution in [0.5, 0.6) is 0 Å². The van der Waals surface area contributed by atoms with E-state index in [-0.39, 0.29) is 35.0 Å². The van der Waals surface area contributed by atoms with Gasteiger partial charge in [-0.05, 0) is 50.2 Å². The molecule has 0 bridgehead atoms. The molecule has 136 valence electrons. The van der Waals surface area contributed by atoms with Crippen LogP contribution in [0.15, 0.2) is 48.5 Å². The molecule has 1 fully saturated rings. The zero-order valence-electron chi connectivity index (χ0n) is 14.7. The quantitative estimate of drug-likeness (QED) is 0.826. The largest absolute Gasteiger partial charge is 0.332 e. The van der Waals surface area contributed by atoms with Gasteiger partial charge >= 0.3 is 0 Å². The Hall–Kier alpha value is -2.76. The highest BCUT2D eigenvalue weighted by Gasteiger charge is 2.35. The number of hydrogen-bond donors (Lipinski definition) is 0. The zero-order valence-corrected chi connectivity index (χ0v) is 14.7. The third kappa shape index (κ3) is 3.59. The van der Waals surface area contributed by atoms with Crippen LogP contribution in [-0.4, -0.2) is 46.8 Å². The molecule has 2 unspecified atom stereocenters. The molecule has 2 atom stereocenters. The lowest BCUT2D eigenvalue weighted by atomic mass is 10.0. The Labute approximate surface area is 151 Å². The van der Waals surface area contributed by atoms with Crippen molar-refractivity contribution in [3.8, 4) is 0 Å². The normalized spacial score (nSPS) is 20.2. The van der Waals surface area contributed by atoms with E-state index >= 15 is 0 Å². The Kier molecular flexibility index (Phi) is 5.02. The summed E-state index contributed by atoms with van der Waals surface area (Å²) in [6, 6.07) is 10.7. The van der Waals surface area contributed by atoms with E-state index in [0.717, 1.165) is 0 Å². The summed E-state index contributed by atoms with van der Waals surface area (Å²) in [6.07, 6.45) is 0. The highest BCUT2D eigenvalue weighted by Crippen LogP contribution is 2.21. The maximum Gasteiger partial charge on any atom is 0.254 e. The van der Waals surface area contributed by atoms with Crippen LogP contribution >= 0.6 is 0 Å². The molecule has 1 saturated heterocycles. The standard InChI is InChI=1S/C20H20F2N2O2/c1-13-11-24(20(26)16-6-4-8-18(22)10-16)14(2)12-23(13)19(25)15-5-3-7-17(21)9-15/h3-10,13-14H,11-12H2,1-2H3. The first-order valence-corrected chi connectivity index (χ1v) is 8.50. The van der Waals surface area contributed by atoms with E-state index in [1.807, 2.05) is 13.8 Å². The fraction of sp³-hybridized carbons (Fsp3) is 0.300. The lowest BCUT2D eigenvalue weighted by Gasteiger charge is -2.44. The molecule has 2 aromatic rings. The van der Waals surface area contributed by atoms with Crippen molar-refractivity contribution in [2.75, 3.05) is 13.1 Å². The molecule has 0 radical (unpaired) electrons. The molecular weight excluding hydrogens is 338 g/mol. The number of carbonyl (C=O) groups excluding carboxylic acids is 2. The molecule has 3 rings (SSSR count). The molecule has 26 heavy (non-hydrogen) atoms. The van der Waals surface area contributed by atoms with Crippen molar-refractivity contribution in [2.45, 2.75) is 25.9 Å². The Bertz CT molecular complexity index is 771. The minimum Gasteiger partial charge on any atom is -0.332 e. The lowest BCUT2D eigenvalue weighted by molar-refractivity contribution is 0.0269. The number of rotatable bonds is 2. The van der Waals surface area contributed by atoms with E-state index in [1.165, 1.54) is 36.4 Å². The molecule has 0 aromatic heterocycles. The summed E-state index contributed by atoms with van der Waals surface area (Å²) < 4.78 is 26.8. The van der Waals surface area contributed by atoms with Gasteiger partial charge in [0.1, 0.15) is 11.6 Å². The Morgan fingerprint density at radius 2 is 1.19 bits per heavy atom. The number of piperazine rings is 1. The minimum absolute atomic E-state index is 0.237. The van der Waals surface area contributed by atoms with Crippen LogP contribution in [0.1, 0.15) is 34.6 Å². The fourth-order valence-electron chi connectivity index (χ4n) is 3.27. The van der Waals surface area contributed by atoms with Crippen LogP contribution in [0.3, 0.4) is 0 Å². The molecule has 0 N–H and O–H groups in total. The Morgan fingerprint density at radius 3 is 1.54 bits per heavy atom. The third-order valence-electron chi connectivity index (χ3n) is 4.65. The number of halogens is 2. The monoisotopic (exact) mass is 358 g/mol. The van der Waals surface area contributed by atoms with E-state index in [2.05, 4.69) is 0 Å². The van der Waals surface area contributed by atoms with Gasteiger partial charge < -0.3 is 9.80 Å². The number of amides is 2. The van der Waals surface area contributed by atoms with E-state index in [4.69, 9.17) is 0 Å². The van der Waals surface area contributed by atoms with Gasteiger partial charge in [-0.3, -0.25) is 9.59 Å². The van der Waals surface area contributed by atoms with E-state index in [9.17, 15) is 18.4 Å². The number of carbonyl (C=O) groups is 2. The smallest absolute Gasteiger partial charge is 0.254 e. The first-order valence-electron chi connectivity index (χ1n) is 8.50. The summed E-state index contributed by atoms with van der Waals surface area (Å²) in [5.74, 6) is -1.45. The van der Waals surface area contributed by atoms with Gasteiger partial charge in [-0.2, -0.15) is 0 Å². The van der Waals surface area contributed by atoms with Crippen LogP contribution in [0.4, 0.5) is 8.78 Å². The molecule has 2 aromatic carbocycles. The van der Waals surface area contributed by atoms with Gasteiger partial charge in [-0.1, -0.05) is 12.1 Å². The molecule has 1 heterocycles. The van der Waals surface area contributed by atoms with Crippen molar-refractivity contribution < 1.29 is 18.4 Å². The van der Waals surface area contributed by atoms with Gasteiger partial charge in [0.2, 0.25) is 0 Å². The molecule has 0 aliphatic carbocycles. The fourth-order valence-corrected chi connectivity index (χ4v) is 3.27. The topological polar surface area (TPSA) is 40.6 Å². The van der Waals surface area contributed by atoms with Crippen LogP contribution in [0.25, 0.3) is 0 Å². The number of hydrogen-bond acceptors (Lipinski definition) is 2. The first kappa shape index (κ1) is 18.0.